The minimum Gasteiger partial charge on any atom is -1.00 e. The molecule has 0 aliphatic carbocycles. The predicted molar refractivity (Wildman–Crippen MR) is 80.1 cm³/mol. The molecule has 86 valence electrons. The summed E-state index contributed by atoms with van der Waals surface area (Å²) < 4.78 is 0. The number of hydrogen-bond donors (Lipinski definition) is 0. The van der Waals surface area contributed by atoms with Crippen LogP contribution in [0.1, 0.15) is 1.43 Å². The summed E-state index contributed by atoms with van der Waals surface area (Å²) in [6.45, 7) is 0. The third-order valence-electron chi connectivity index (χ3n) is 3.57. The largest absolute Gasteiger partial charge is 1.00 e. The average Bonchev–Trinajstić information content (AvgIpc) is 2.42. The molecule has 19 heavy (non-hydrogen) atoms. The van der Waals surface area contributed by atoms with Crippen molar-refractivity contribution in [1.82, 2.24) is 0 Å². The van der Waals surface area contributed by atoms with E-state index in [2.05, 4.69) is 72.8 Å². The van der Waals surface area contributed by atoms with E-state index in [0.29, 0.717) is 0 Å². The minimum absolute atomic E-state index is 0. The second-order valence-electron chi connectivity index (χ2n) is 4.75. The van der Waals surface area contributed by atoms with Crippen molar-refractivity contribution in [1.29, 1.82) is 0 Å². The van der Waals surface area contributed by atoms with Crippen molar-refractivity contribution in [2.45, 2.75) is 0 Å². The molecule has 4 aromatic carbocycles. The van der Waals surface area contributed by atoms with E-state index in [1.54, 1.807) is 0 Å². The molecule has 0 unspecified atom stereocenters. The van der Waals surface area contributed by atoms with E-state index < -0.39 is 0 Å². The van der Waals surface area contributed by atoms with Crippen LogP contribution < -0.4 is 18.9 Å². The topological polar surface area (TPSA) is 0 Å². The van der Waals surface area contributed by atoms with Crippen LogP contribution in [-0.2, 0) is 0 Å². The maximum atomic E-state index is 2.27. The van der Waals surface area contributed by atoms with Crippen molar-refractivity contribution < 1.29 is 20.3 Å². The summed E-state index contributed by atoms with van der Waals surface area (Å²) in [6, 6.07) is 26.2. The third kappa shape index (κ3) is 2.04. The first-order valence-corrected chi connectivity index (χ1v) is 6.21. The molecule has 0 fully saturated rings. The Hall–Kier alpha value is -1.74. The summed E-state index contributed by atoms with van der Waals surface area (Å²) in [6.07, 6.45) is 0. The smallest absolute Gasteiger partial charge is 1.00 e. The molecule has 0 aromatic heterocycles. The minimum atomic E-state index is 0. The molecule has 0 saturated carbocycles. The average molecular weight is 236 g/mol. The van der Waals surface area contributed by atoms with Crippen LogP contribution in [0, 0.1) is 0 Å². The standard InChI is InChI=1S/C18H12.Li.H/c1-2-6-14-10-18-12-16-8-4-3-7-15(16)11-17(18)9-13(14)5-1;;/h1-12H;;/q;+1;-1. The van der Waals surface area contributed by atoms with E-state index in [1.165, 1.54) is 32.3 Å². The van der Waals surface area contributed by atoms with Gasteiger partial charge in [0, 0.05) is 0 Å². The van der Waals surface area contributed by atoms with Gasteiger partial charge >= 0.3 is 18.9 Å². The molecule has 0 heterocycles. The molecule has 0 aliphatic rings. The van der Waals surface area contributed by atoms with Gasteiger partial charge in [0.25, 0.3) is 0 Å². The van der Waals surface area contributed by atoms with E-state index in [4.69, 9.17) is 0 Å². The second kappa shape index (κ2) is 4.74. The van der Waals surface area contributed by atoms with Gasteiger partial charge in [0.15, 0.2) is 0 Å². The SMILES string of the molecule is [H-].[Li+].c1ccc2cc3cc4ccccc4cc3cc2c1. The zero-order valence-corrected chi connectivity index (χ0v) is 10.9. The fourth-order valence-electron chi connectivity index (χ4n) is 2.63. The zero-order chi connectivity index (χ0) is 11.9. The summed E-state index contributed by atoms with van der Waals surface area (Å²) in [5.41, 5.74) is 0. The second-order valence-corrected chi connectivity index (χ2v) is 4.75. The van der Waals surface area contributed by atoms with Crippen molar-refractivity contribution in [2.75, 3.05) is 0 Å². The van der Waals surface area contributed by atoms with Crippen LogP contribution in [0.5, 0.6) is 0 Å². The Labute approximate surface area is 125 Å². The van der Waals surface area contributed by atoms with E-state index in [1.807, 2.05) is 0 Å². The summed E-state index contributed by atoms with van der Waals surface area (Å²) in [4.78, 5) is 0. The van der Waals surface area contributed by atoms with E-state index in [-0.39, 0.29) is 20.3 Å². The molecule has 4 rings (SSSR count). The van der Waals surface area contributed by atoms with Gasteiger partial charge in [0.2, 0.25) is 0 Å². The Balaban J connectivity index is 0.000000735. The predicted octanol–water partition coefficient (Wildman–Crippen LogP) is 2.26. The monoisotopic (exact) mass is 236 g/mol. The molecule has 0 amide bonds. The van der Waals surface area contributed by atoms with Crippen molar-refractivity contribution in [2.24, 2.45) is 0 Å². The molecule has 0 bridgehead atoms. The van der Waals surface area contributed by atoms with Crippen molar-refractivity contribution in [3.63, 3.8) is 0 Å². The van der Waals surface area contributed by atoms with Gasteiger partial charge in [0.05, 0.1) is 0 Å². The fraction of sp³-hybridized carbons (Fsp3) is 0. The molecule has 0 radical (unpaired) electrons. The summed E-state index contributed by atoms with van der Waals surface area (Å²) in [5, 5.41) is 7.85. The number of fused-ring (bicyclic) bond motifs is 3. The van der Waals surface area contributed by atoms with Gasteiger partial charge in [-0.1, -0.05) is 48.5 Å². The molecule has 0 nitrogen and oxygen atoms in total. The van der Waals surface area contributed by atoms with E-state index in [0.717, 1.165) is 0 Å². The Bertz CT molecular complexity index is 740. The molecule has 0 aliphatic heterocycles. The van der Waals surface area contributed by atoms with Gasteiger partial charge in [-0.2, -0.15) is 0 Å². The molecular weight excluding hydrogens is 223 g/mol. The first-order valence-electron chi connectivity index (χ1n) is 6.21. The van der Waals surface area contributed by atoms with E-state index >= 15 is 0 Å². The van der Waals surface area contributed by atoms with Crippen molar-refractivity contribution in [3.8, 4) is 0 Å². The first-order chi connectivity index (χ1) is 8.90. The van der Waals surface area contributed by atoms with Crippen LogP contribution in [0.15, 0.2) is 72.8 Å². The Morgan fingerprint density at radius 2 is 0.684 bits per heavy atom. The number of hydrogen-bond acceptors (Lipinski definition) is 0. The quantitative estimate of drug-likeness (QED) is 0.324. The Morgan fingerprint density at radius 3 is 0.947 bits per heavy atom. The van der Waals surface area contributed by atoms with Gasteiger partial charge in [-0.25, -0.2) is 0 Å². The number of rotatable bonds is 0. The third-order valence-corrected chi connectivity index (χ3v) is 3.57. The molecule has 0 atom stereocenters. The van der Waals surface area contributed by atoms with Crippen LogP contribution in [0.3, 0.4) is 0 Å². The van der Waals surface area contributed by atoms with Crippen molar-refractivity contribution in [3.05, 3.63) is 72.8 Å². The van der Waals surface area contributed by atoms with Gasteiger partial charge in [-0.05, 0) is 56.6 Å². The van der Waals surface area contributed by atoms with Gasteiger partial charge in [-0.3, -0.25) is 0 Å². The van der Waals surface area contributed by atoms with Crippen LogP contribution in [-0.4, -0.2) is 0 Å². The van der Waals surface area contributed by atoms with E-state index in [9.17, 15) is 0 Å². The van der Waals surface area contributed by atoms with Gasteiger partial charge in [0.1, 0.15) is 0 Å². The van der Waals surface area contributed by atoms with Gasteiger partial charge in [-0.15, -0.1) is 0 Å². The fourth-order valence-corrected chi connectivity index (χ4v) is 2.63. The van der Waals surface area contributed by atoms with Crippen LogP contribution in [0.4, 0.5) is 0 Å². The van der Waals surface area contributed by atoms with Crippen LogP contribution >= 0.6 is 0 Å². The van der Waals surface area contributed by atoms with Crippen molar-refractivity contribution >= 4 is 32.3 Å². The molecule has 4 aromatic rings. The first kappa shape index (κ1) is 12.3. The number of benzene rings is 4. The molecule has 0 N–H and O–H groups in total. The van der Waals surface area contributed by atoms with Crippen LogP contribution in [0.25, 0.3) is 32.3 Å². The molecule has 0 saturated heterocycles. The summed E-state index contributed by atoms with van der Waals surface area (Å²) in [5.74, 6) is 0. The molecule has 0 spiro atoms. The molecular formula is C18H13Li. The Morgan fingerprint density at radius 1 is 0.421 bits per heavy atom. The normalized spacial score (nSPS) is 10.7. The summed E-state index contributed by atoms with van der Waals surface area (Å²) >= 11 is 0. The maximum Gasteiger partial charge on any atom is 1.00 e. The zero-order valence-electron chi connectivity index (χ0n) is 11.9. The summed E-state index contributed by atoms with van der Waals surface area (Å²) in [7, 11) is 0. The van der Waals surface area contributed by atoms with Crippen LogP contribution in [0.2, 0.25) is 0 Å². The Kier molecular flexibility index (Phi) is 3.07. The maximum absolute atomic E-state index is 2.27. The van der Waals surface area contributed by atoms with Gasteiger partial charge < -0.3 is 1.43 Å². The molecule has 1 heteroatoms.